The van der Waals surface area contributed by atoms with Gasteiger partial charge in [0.25, 0.3) is 0 Å². The molecule has 0 aromatic carbocycles. The maximum atomic E-state index is 5.59. The van der Waals surface area contributed by atoms with Crippen LogP contribution in [-0.2, 0) is 9.47 Å². The summed E-state index contributed by atoms with van der Waals surface area (Å²) < 4.78 is 11.1. The van der Waals surface area contributed by atoms with Crippen LogP contribution in [-0.4, -0.2) is 38.5 Å². The Labute approximate surface area is 98.9 Å². The van der Waals surface area contributed by atoms with Crippen molar-refractivity contribution in [2.45, 2.75) is 57.3 Å². The van der Waals surface area contributed by atoms with Crippen LogP contribution in [0.2, 0.25) is 0 Å². The molecule has 0 aromatic heterocycles. The van der Waals surface area contributed by atoms with Crippen LogP contribution in [0, 0.1) is 5.92 Å². The lowest BCUT2D eigenvalue weighted by atomic mass is 9.91. The van der Waals surface area contributed by atoms with E-state index in [1.165, 1.54) is 32.1 Å². The Morgan fingerprint density at radius 1 is 1.25 bits per heavy atom. The number of methoxy groups -OCH3 is 1. The van der Waals surface area contributed by atoms with Crippen molar-refractivity contribution in [1.82, 2.24) is 5.32 Å². The number of ether oxygens (including phenoxy) is 2. The molecule has 3 nitrogen and oxygen atoms in total. The molecular formula is C13H25NO2. The fraction of sp³-hybridized carbons (Fsp3) is 1.00. The quantitative estimate of drug-likeness (QED) is 0.796. The summed E-state index contributed by atoms with van der Waals surface area (Å²) in [5, 5.41) is 3.69. The summed E-state index contributed by atoms with van der Waals surface area (Å²) in [6, 6.07) is 0.562. The monoisotopic (exact) mass is 227 g/mol. The Morgan fingerprint density at radius 3 is 2.75 bits per heavy atom. The molecule has 1 N–H and O–H groups in total. The second-order valence-electron chi connectivity index (χ2n) is 5.20. The Hall–Kier alpha value is -0.120. The van der Waals surface area contributed by atoms with Crippen LogP contribution in [0.4, 0.5) is 0 Å². The maximum absolute atomic E-state index is 5.59. The molecule has 1 aliphatic heterocycles. The van der Waals surface area contributed by atoms with Crippen LogP contribution in [0.15, 0.2) is 0 Å². The average Bonchev–Trinajstić information content (AvgIpc) is 2.72. The molecule has 1 saturated heterocycles. The molecule has 0 amide bonds. The van der Waals surface area contributed by atoms with Gasteiger partial charge in [0.15, 0.2) is 0 Å². The second kappa shape index (κ2) is 5.99. The SMILES string of the molecule is COC1CCCCC1NCC1CCOC1C. The molecule has 1 saturated carbocycles. The molecule has 1 aliphatic carbocycles. The molecule has 4 unspecified atom stereocenters. The fourth-order valence-electron chi connectivity index (χ4n) is 2.96. The molecule has 0 radical (unpaired) electrons. The van der Waals surface area contributed by atoms with E-state index in [2.05, 4.69) is 12.2 Å². The van der Waals surface area contributed by atoms with Crippen LogP contribution < -0.4 is 5.32 Å². The largest absolute Gasteiger partial charge is 0.380 e. The molecule has 2 aliphatic rings. The lowest BCUT2D eigenvalue weighted by Gasteiger charge is -2.32. The summed E-state index contributed by atoms with van der Waals surface area (Å²) in [7, 11) is 1.84. The average molecular weight is 227 g/mol. The van der Waals surface area contributed by atoms with E-state index in [0.29, 0.717) is 24.2 Å². The lowest BCUT2D eigenvalue weighted by Crippen LogP contribution is -2.45. The topological polar surface area (TPSA) is 30.5 Å². The number of hydrogen-bond acceptors (Lipinski definition) is 3. The van der Waals surface area contributed by atoms with Gasteiger partial charge in [0.05, 0.1) is 12.2 Å². The highest BCUT2D eigenvalue weighted by molar-refractivity contribution is 4.84. The van der Waals surface area contributed by atoms with Crippen molar-refractivity contribution in [1.29, 1.82) is 0 Å². The zero-order valence-corrected chi connectivity index (χ0v) is 10.6. The number of hydrogen-bond donors (Lipinski definition) is 1. The van der Waals surface area contributed by atoms with Crippen molar-refractivity contribution in [3.8, 4) is 0 Å². The summed E-state index contributed by atoms with van der Waals surface area (Å²) in [5.74, 6) is 0.694. The van der Waals surface area contributed by atoms with E-state index < -0.39 is 0 Å². The van der Waals surface area contributed by atoms with Gasteiger partial charge >= 0.3 is 0 Å². The molecule has 0 bridgehead atoms. The molecule has 16 heavy (non-hydrogen) atoms. The van der Waals surface area contributed by atoms with Crippen LogP contribution >= 0.6 is 0 Å². The molecule has 1 heterocycles. The van der Waals surface area contributed by atoms with Gasteiger partial charge in [-0.3, -0.25) is 0 Å². The van der Waals surface area contributed by atoms with Crippen molar-refractivity contribution in [3.63, 3.8) is 0 Å². The van der Waals surface area contributed by atoms with E-state index in [1.807, 2.05) is 7.11 Å². The van der Waals surface area contributed by atoms with Gasteiger partial charge < -0.3 is 14.8 Å². The smallest absolute Gasteiger partial charge is 0.0724 e. The van der Waals surface area contributed by atoms with E-state index >= 15 is 0 Å². The Morgan fingerprint density at radius 2 is 2.06 bits per heavy atom. The highest BCUT2D eigenvalue weighted by Crippen LogP contribution is 2.23. The Kier molecular flexibility index (Phi) is 4.62. The van der Waals surface area contributed by atoms with Crippen LogP contribution in [0.25, 0.3) is 0 Å². The van der Waals surface area contributed by atoms with E-state index in [-0.39, 0.29) is 0 Å². The molecule has 0 aromatic rings. The summed E-state index contributed by atoms with van der Waals surface area (Å²) >= 11 is 0. The van der Waals surface area contributed by atoms with Gasteiger partial charge in [-0.25, -0.2) is 0 Å². The van der Waals surface area contributed by atoms with Gasteiger partial charge in [0, 0.05) is 26.3 Å². The summed E-state index contributed by atoms with van der Waals surface area (Å²) in [6.45, 7) is 4.21. The standard InChI is InChI=1S/C13H25NO2/c1-10-11(7-8-16-10)9-14-12-5-3-4-6-13(12)15-2/h10-14H,3-9H2,1-2H3. The zero-order chi connectivity index (χ0) is 11.4. The van der Waals surface area contributed by atoms with Gasteiger partial charge in [-0.15, -0.1) is 0 Å². The third kappa shape index (κ3) is 2.96. The third-order valence-corrected chi connectivity index (χ3v) is 4.18. The van der Waals surface area contributed by atoms with Crippen LogP contribution in [0.5, 0.6) is 0 Å². The predicted octanol–water partition coefficient (Wildman–Crippen LogP) is 1.96. The van der Waals surface area contributed by atoms with Gasteiger partial charge in [-0.2, -0.15) is 0 Å². The first kappa shape index (κ1) is 12.3. The van der Waals surface area contributed by atoms with E-state index in [1.54, 1.807) is 0 Å². The molecule has 3 heteroatoms. The summed E-state index contributed by atoms with van der Waals surface area (Å²) in [4.78, 5) is 0. The molecule has 0 spiro atoms. The summed E-state index contributed by atoms with van der Waals surface area (Å²) in [6.07, 6.45) is 7.20. The lowest BCUT2D eigenvalue weighted by molar-refractivity contribution is 0.0383. The first-order valence-corrected chi connectivity index (χ1v) is 6.69. The highest BCUT2D eigenvalue weighted by atomic mass is 16.5. The van der Waals surface area contributed by atoms with E-state index in [0.717, 1.165) is 13.2 Å². The highest BCUT2D eigenvalue weighted by Gasteiger charge is 2.28. The fourth-order valence-corrected chi connectivity index (χ4v) is 2.96. The van der Waals surface area contributed by atoms with Gasteiger partial charge in [0.1, 0.15) is 0 Å². The molecule has 2 rings (SSSR count). The molecule has 4 atom stereocenters. The number of rotatable bonds is 4. The second-order valence-corrected chi connectivity index (χ2v) is 5.20. The van der Waals surface area contributed by atoms with Gasteiger partial charge in [-0.05, 0) is 32.1 Å². The van der Waals surface area contributed by atoms with Gasteiger partial charge in [0.2, 0.25) is 0 Å². The first-order valence-electron chi connectivity index (χ1n) is 6.69. The van der Waals surface area contributed by atoms with Crippen molar-refractivity contribution in [3.05, 3.63) is 0 Å². The van der Waals surface area contributed by atoms with Crippen molar-refractivity contribution in [2.75, 3.05) is 20.3 Å². The van der Waals surface area contributed by atoms with Crippen LogP contribution in [0.1, 0.15) is 39.0 Å². The molecule has 94 valence electrons. The number of nitrogens with one attached hydrogen (secondary N) is 1. The normalized spacial score (nSPS) is 40.1. The molecular weight excluding hydrogens is 202 g/mol. The first-order chi connectivity index (χ1) is 7.81. The van der Waals surface area contributed by atoms with Crippen molar-refractivity contribution in [2.24, 2.45) is 5.92 Å². The predicted molar refractivity (Wildman–Crippen MR) is 64.6 cm³/mol. The Bertz CT molecular complexity index is 210. The van der Waals surface area contributed by atoms with Crippen LogP contribution in [0.3, 0.4) is 0 Å². The van der Waals surface area contributed by atoms with Crippen molar-refractivity contribution < 1.29 is 9.47 Å². The zero-order valence-electron chi connectivity index (χ0n) is 10.6. The minimum Gasteiger partial charge on any atom is -0.380 e. The summed E-state index contributed by atoms with van der Waals surface area (Å²) in [5.41, 5.74) is 0. The van der Waals surface area contributed by atoms with Crippen molar-refractivity contribution >= 4 is 0 Å². The van der Waals surface area contributed by atoms with E-state index in [9.17, 15) is 0 Å². The minimum atomic E-state index is 0.423. The minimum absolute atomic E-state index is 0.423. The van der Waals surface area contributed by atoms with E-state index in [4.69, 9.17) is 9.47 Å². The third-order valence-electron chi connectivity index (χ3n) is 4.18. The molecule has 2 fully saturated rings. The Balaban J connectivity index is 1.75. The maximum Gasteiger partial charge on any atom is 0.0724 e. The van der Waals surface area contributed by atoms with Gasteiger partial charge in [-0.1, -0.05) is 12.8 Å².